The van der Waals surface area contributed by atoms with Gasteiger partial charge in [0.2, 0.25) is 0 Å². The van der Waals surface area contributed by atoms with Crippen LogP contribution in [0.4, 0.5) is 5.13 Å². The first-order valence-electron chi connectivity index (χ1n) is 9.45. The summed E-state index contributed by atoms with van der Waals surface area (Å²) in [5.74, 6) is 0.884. The molecule has 4 rings (SSSR count). The van der Waals surface area contributed by atoms with Gasteiger partial charge in [-0.1, -0.05) is 0 Å². The second-order valence-electron chi connectivity index (χ2n) is 6.69. The second-order valence-corrected chi connectivity index (χ2v) is 9.65. The number of amides is 1. The summed E-state index contributed by atoms with van der Waals surface area (Å²) in [5, 5.41) is 5.02. The standard InChI is InChI=1S/C21H20N2O6S2/c1-27-10-11-31(25,26)16-5-2-14(3-6-16)20(24)23-21-22-17(13-30-21)15-4-7-18-19(12-15)29-9-8-28-18/h2-7,12-13H,8-11H2,1H3,(H,22,23,24). The minimum Gasteiger partial charge on any atom is -0.486 e. The summed E-state index contributed by atoms with van der Waals surface area (Å²) >= 11 is 1.30. The largest absolute Gasteiger partial charge is 0.486 e. The van der Waals surface area contributed by atoms with Crippen molar-refractivity contribution in [2.75, 3.05) is 38.0 Å². The molecule has 0 fully saturated rings. The quantitative estimate of drug-likeness (QED) is 0.577. The lowest BCUT2D eigenvalue weighted by atomic mass is 10.1. The van der Waals surface area contributed by atoms with Crippen molar-refractivity contribution in [2.45, 2.75) is 4.90 Å². The molecule has 8 nitrogen and oxygen atoms in total. The molecule has 10 heteroatoms. The van der Waals surface area contributed by atoms with Gasteiger partial charge in [0.25, 0.3) is 5.91 Å². The first-order valence-corrected chi connectivity index (χ1v) is 12.0. The Kier molecular flexibility index (Phi) is 6.21. The number of hydrogen-bond acceptors (Lipinski definition) is 8. The SMILES string of the molecule is COCCS(=O)(=O)c1ccc(C(=O)Nc2nc(-c3ccc4c(c3)OCCO4)cs2)cc1. The molecular formula is C21H20N2O6S2. The molecule has 0 saturated carbocycles. The van der Waals surface area contributed by atoms with Gasteiger partial charge in [0, 0.05) is 23.6 Å². The van der Waals surface area contributed by atoms with Gasteiger partial charge in [-0.05, 0) is 42.5 Å². The predicted molar refractivity (Wildman–Crippen MR) is 117 cm³/mol. The zero-order valence-corrected chi connectivity index (χ0v) is 18.3. The number of ether oxygens (including phenoxy) is 3. The third kappa shape index (κ3) is 4.87. The Morgan fingerprint density at radius 2 is 1.87 bits per heavy atom. The van der Waals surface area contributed by atoms with E-state index >= 15 is 0 Å². The maximum Gasteiger partial charge on any atom is 0.257 e. The Labute approximate surface area is 183 Å². The number of carbonyl (C=O) groups is 1. The molecule has 0 radical (unpaired) electrons. The fourth-order valence-electron chi connectivity index (χ4n) is 2.96. The average molecular weight is 461 g/mol. The van der Waals surface area contributed by atoms with Crippen LogP contribution in [0.1, 0.15) is 10.4 Å². The molecule has 0 saturated heterocycles. The molecule has 31 heavy (non-hydrogen) atoms. The lowest BCUT2D eigenvalue weighted by Crippen LogP contribution is -2.15. The zero-order chi connectivity index (χ0) is 21.8. The van der Waals surface area contributed by atoms with Crippen LogP contribution in [0, 0.1) is 0 Å². The first-order chi connectivity index (χ1) is 15.0. The highest BCUT2D eigenvalue weighted by atomic mass is 32.2. The minimum absolute atomic E-state index is 0.111. The van der Waals surface area contributed by atoms with Crippen LogP contribution in [-0.4, -0.2) is 52.0 Å². The number of hydrogen-bond donors (Lipinski definition) is 1. The van der Waals surface area contributed by atoms with Crippen LogP contribution >= 0.6 is 11.3 Å². The smallest absolute Gasteiger partial charge is 0.257 e. The van der Waals surface area contributed by atoms with E-state index in [1.807, 2.05) is 23.6 Å². The van der Waals surface area contributed by atoms with Crippen molar-refractivity contribution in [1.82, 2.24) is 4.98 Å². The monoisotopic (exact) mass is 460 g/mol. The molecular weight excluding hydrogens is 440 g/mol. The number of rotatable bonds is 7. The number of benzene rings is 2. The number of carbonyl (C=O) groups excluding carboxylic acids is 1. The van der Waals surface area contributed by atoms with Gasteiger partial charge >= 0.3 is 0 Å². The average Bonchev–Trinajstić information content (AvgIpc) is 3.26. The summed E-state index contributed by atoms with van der Waals surface area (Å²) in [6, 6.07) is 11.4. The third-order valence-electron chi connectivity index (χ3n) is 4.59. The molecule has 162 valence electrons. The summed E-state index contributed by atoms with van der Waals surface area (Å²) in [6.45, 7) is 1.14. The van der Waals surface area contributed by atoms with Crippen molar-refractivity contribution in [3.05, 3.63) is 53.4 Å². The van der Waals surface area contributed by atoms with Crippen LogP contribution in [0.2, 0.25) is 0 Å². The van der Waals surface area contributed by atoms with Gasteiger partial charge in [-0.25, -0.2) is 13.4 Å². The van der Waals surface area contributed by atoms with Crippen LogP contribution in [0.5, 0.6) is 11.5 Å². The second kappa shape index (κ2) is 9.04. The van der Waals surface area contributed by atoms with Gasteiger partial charge in [0.05, 0.1) is 22.9 Å². The fraction of sp³-hybridized carbons (Fsp3) is 0.238. The number of methoxy groups -OCH3 is 1. The summed E-state index contributed by atoms with van der Waals surface area (Å²) < 4.78 is 40.3. The Hall–Kier alpha value is -2.95. The molecule has 1 aliphatic heterocycles. The molecule has 0 unspecified atom stereocenters. The van der Waals surface area contributed by atoms with E-state index in [0.717, 1.165) is 5.56 Å². The van der Waals surface area contributed by atoms with E-state index < -0.39 is 9.84 Å². The van der Waals surface area contributed by atoms with Gasteiger partial charge in [-0.3, -0.25) is 10.1 Å². The van der Waals surface area contributed by atoms with Gasteiger partial charge < -0.3 is 14.2 Å². The molecule has 0 bridgehead atoms. The van der Waals surface area contributed by atoms with Crippen LogP contribution in [0.25, 0.3) is 11.3 Å². The third-order valence-corrected chi connectivity index (χ3v) is 7.05. The number of anilines is 1. The number of nitrogens with one attached hydrogen (secondary N) is 1. The molecule has 2 aromatic carbocycles. The van der Waals surface area contributed by atoms with Crippen molar-refractivity contribution in [1.29, 1.82) is 0 Å². The van der Waals surface area contributed by atoms with E-state index in [9.17, 15) is 13.2 Å². The summed E-state index contributed by atoms with van der Waals surface area (Å²) in [5.41, 5.74) is 1.89. The van der Waals surface area contributed by atoms with Crippen molar-refractivity contribution in [2.24, 2.45) is 0 Å². The Balaban J connectivity index is 1.44. The maximum atomic E-state index is 12.5. The molecule has 1 aromatic heterocycles. The zero-order valence-electron chi connectivity index (χ0n) is 16.7. The van der Waals surface area contributed by atoms with Crippen LogP contribution < -0.4 is 14.8 Å². The maximum absolute atomic E-state index is 12.5. The molecule has 1 N–H and O–H groups in total. The van der Waals surface area contributed by atoms with Gasteiger partial charge in [0.1, 0.15) is 13.2 Å². The molecule has 0 aliphatic carbocycles. The lowest BCUT2D eigenvalue weighted by Gasteiger charge is -2.18. The summed E-state index contributed by atoms with van der Waals surface area (Å²) in [6.07, 6.45) is 0. The van der Waals surface area contributed by atoms with Gasteiger partial charge in [-0.15, -0.1) is 11.3 Å². The van der Waals surface area contributed by atoms with E-state index in [1.54, 1.807) is 0 Å². The lowest BCUT2D eigenvalue weighted by molar-refractivity contribution is 0.102. The number of sulfone groups is 1. The Morgan fingerprint density at radius 1 is 1.13 bits per heavy atom. The highest BCUT2D eigenvalue weighted by Crippen LogP contribution is 2.35. The highest BCUT2D eigenvalue weighted by Gasteiger charge is 2.17. The van der Waals surface area contributed by atoms with E-state index in [0.29, 0.717) is 41.1 Å². The molecule has 1 aliphatic rings. The van der Waals surface area contributed by atoms with Gasteiger partial charge in [-0.2, -0.15) is 0 Å². The summed E-state index contributed by atoms with van der Waals surface area (Å²) in [4.78, 5) is 17.1. The minimum atomic E-state index is -3.44. The normalized spacial score (nSPS) is 13.1. The number of aromatic nitrogens is 1. The predicted octanol–water partition coefficient (Wildman–Crippen LogP) is 3.25. The van der Waals surface area contributed by atoms with Crippen LogP contribution in [0.15, 0.2) is 52.7 Å². The van der Waals surface area contributed by atoms with E-state index in [4.69, 9.17) is 14.2 Å². The number of fused-ring (bicyclic) bond motifs is 1. The van der Waals surface area contributed by atoms with Crippen LogP contribution in [-0.2, 0) is 14.6 Å². The van der Waals surface area contributed by atoms with Gasteiger partial charge in [0.15, 0.2) is 26.5 Å². The van der Waals surface area contributed by atoms with E-state index in [2.05, 4.69) is 10.3 Å². The number of thiazole rings is 1. The highest BCUT2D eigenvalue weighted by molar-refractivity contribution is 7.91. The molecule has 2 heterocycles. The van der Waals surface area contributed by atoms with Crippen molar-refractivity contribution in [3.8, 4) is 22.8 Å². The molecule has 1 amide bonds. The van der Waals surface area contributed by atoms with E-state index in [1.165, 1.54) is 42.7 Å². The first kappa shape index (κ1) is 21.3. The van der Waals surface area contributed by atoms with Crippen molar-refractivity contribution in [3.63, 3.8) is 0 Å². The van der Waals surface area contributed by atoms with E-state index in [-0.39, 0.29) is 23.2 Å². The Morgan fingerprint density at radius 3 is 2.61 bits per heavy atom. The van der Waals surface area contributed by atoms with Crippen molar-refractivity contribution < 1.29 is 27.4 Å². The van der Waals surface area contributed by atoms with Crippen LogP contribution in [0.3, 0.4) is 0 Å². The fourth-order valence-corrected chi connectivity index (χ4v) is 4.85. The molecule has 3 aromatic rings. The van der Waals surface area contributed by atoms with Crippen molar-refractivity contribution >= 4 is 32.2 Å². The Bertz CT molecular complexity index is 1190. The molecule has 0 spiro atoms. The summed E-state index contributed by atoms with van der Waals surface area (Å²) in [7, 11) is -2.00. The topological polar surface area (TPSA) is 104 Å². The number of nitrogens with zero attached hydrogens (tertiary/aromatic N) is 1. The molecule has 0 atom stereocenters.